The molecule has 92 valence electrons. The van der Waals surface area contributed by atoms with Gasteiger partial charge in [0.1, 0.15) is 5.57 Å². The molecule has 2 rings (SSSR count). The number of carbonyl (C=O) groups excluding carboxylic acids is 2. The molecular formula is C9H7NaO4S4. The summed E-state index contributed by atoms with van der Waals surface area (Å²) in [6, 6.07) is 0. The number of thioether (sulfide) groups is 4. The summed E-state index contributed by atoms with van der Waals surface area (Å²) in [6.45, 7) is 0. The van der Waals surface area contributed by atoms with Crippen molar-refractivity contribution < 1.29 is 49.0 Å². The monoisotopic (exact) mass is 330 g/mol. The van der Waals surface area contributed by atoms with Gasteiger partial charge in [-0.1, -0.05) is 23.5 Å². The van der Waals surface area contributed by atoms with E-state index in [1.165, 1.54) is 23.5 Å². The number of methoxy groups -OCH3 is 1. The maximum atomic E-state index is 11.4. The summed E-state index contributed by atoms with van der Waals surface area (Å²) in [5.74, 6) is -0.330. The van der Waals surface area contributed by atoms with Crippen LogP contribution in [0.25, 0.3) is 0 Å². The second-order valence-electron chi connectivity index (χ2n) is 2.92. The third kappa shape index (κ3) is 3.68. The van der Waals surface area contributed by atoms with Crippen LogP contribution in [-0.2, 0) is 14.3 Å². The number of aliphatic carboxylic acids is 1. The van der Waals surface area contributed by atoms with Gasteiger partial charge in [0.2, 0.25) is 0 Å². The largest absolute Gasteiger partial charge is 1.00 e. The fourth-order valence-electron chi connectivity index (χ4n) is 1.17. The summed E-state index contributed by atoms with van der Waals surface area (Å²) < 4.78 is 7.06. The van der Waals surface area contributed by atoms with E-state index in [0.717, 1.165) is 27.1 Å². The van der Waals surface area contributed by atoms with E-state index in [1.807, 2.05) is 0 Å². The van der Waals surface area contributed by atoms with Crippen molar-refractivity contribution in [1.82, 2.24) is 0 Å². The molecule has 0 aromatic carbocycles. The molecule has 0 radical (unpaired) electrons. The second kappa shape index (κ2) is 7.56. The van der Waals surface area contributed by atoms with Crippen molar-refractivity contribution in [3.05, 3.63) is 18.3 Å². The van der Waals surface area contributed by atoms with Crippen molar-refractivity contribution in [2.45, 2.75) is 0 Å². The number of carboxylic acid groups (broad SMARTS) is 1. The Morgan fingerprint density at radius 1 is 1.17 bits per heavy atom. The Morgan fingerprint density at radius 2 is 1.67 bits per heavy atom. The zero-order valence-electron chi connectivity index (χ0n) is 9.68. The predicted molar refractivity (Wildman–Crippen MR) is 71.2 cm³/mol. The molecule has 2 aliphatic rings. The van der Waals surface area contributed by atoms with Crippen LogP contribution in [0.4, 0.5) is 0 Å². The molecule has 0 aliphatic carbocycles. The van der Waals surface area contributed by atoms with Gasteiger partial charge in [0.05, 0.1) is 25.8 Å². The molecular weight excluding hydrogens is 323 g/mol. The molecule has 0 spiro atoms. The van der Waals surface area contributed by atoms with Gasteiger partial charge in [-0.3, -0.25) is 0 Å². The molecule has 0 bridgehead atoms. The van der Waals surface area contributed by atoms with E-state index in [0.29, 0.717) is 4.24 Å². The summed E-state index contributed by atoms with van der Waals surface area (Å²) in [6.07, 6.45) is 0. The van der Waals surface area contributed by atoms with Gasteiger partial charge in [-0.15, -0.1) is 23.5 Å². The zero-order valence-corrected chi connectivity index (χ0v) is 14.9. The van der Waals surface area contributed by atoms with Gasteiger partial charge in [0.15, 0.2) is 0 Å². The Bertz CT molecular complexity index is 426. The molecule has 0 saturated carbocycles. The molecule has 0 saturated heterocycles. The third-order valence-electron chi connectivity index (χ3n) is 1.88. The fraction of sp³-hybridized carbons (Fsp3) is 0.333. The molecule has 0 fully saturated rings. The maximum absolute atomic E-state index is 11.4. The van der Waals surface area contributed by atoms with Crippen LogP contribution in [0.3, 0.4) is 0 Å². The topological polar surface area (TPSA) is 66.4 Å². The first-order valence-corrected chi connectivity index (χ1v) is 8.13. The van der Waals surface area contributed by atoms with Crippen molar-refractivity contribution in [2.24, 2.45) is 0 Å². The third-order valence-corrected chi connectivity index (χ3v) is 7.67. The van der Waals surface area contributed by atoms with Crippen LogP contribution in [0.15, 0.2) is 18.3 Å². The van der Waals surface area contributed by atoms with Gasteiger partial charge in [-0.25, -0.2) is 4.79 Å². The van der Waals surface area contributed by atoms with Crippen molar-refractivity contribution in [1.29, 1.82) is 0 Å². The standard InChI is InChI=1S/C9H8O4S4.Na/c1-13-6(12)4(5(10)11)7-16-8-9(17-7)15-3-2-14-8;/h2-3H2,1H3,(H,10,11);/q;+1/p-1. The van der Waals surface area contributed by atoms with Crippen LogP contribution < -0.4 is 34.7 Å². The van der Waals surface area contributed by atoms with Gasteiger partial charge >= 0.3 is 35.5 Å². The number of esters is 1. The quantitative estimate of drug-likeness (QED) is 0.193. The van der Waals surface area contributed by atoms with Crippen molar-refractivity contribution in [3.63, 3.8) is 0 Å². The zero-order chi connectivity index (χ0) is 12.4. The van der Waals surface area contributed by atoms with Crippen LogP contribution in [0.1, 0.15) is 0 Å². The molecule has 4 nitrogen and oxygen atoms in total. The van der Waals surface area contributed by atoms with Crippen LogP contribution in [-0.4, -0.2) is 30.6 Å². The van der Waals surface area contributed by atoms with E-state index in [2.05, 4.69) is 4.74 Å². The first-order valence-electron chi connectivity index (χ1n) is 4.53. The molecule has 9 heteroatoms. The number of rotatable bonds is 2. The predicted octanol–water partition coefficient (Wildman–Crippen LogP) is -1.79. The number of ether oxygens (including phenoxy) is 1. The molecule has 2 heterocycles. The SMILES string of the molecule is COC(=O)C(C(=O)[O-])=C1SC2=C(SCCS2)S1.[Na+]. The molecule has 0 aromatic heterocycles. The molecule has 0 atom stereocenters. The Balaban J connectivity index is 0.00000162. The Hall–Kier alpha value is 0.820. The Morgan fingerprint density at radius 3 is 2.06 bits per heavy atom. The minimum absolute atomic E-state index is 0. The molecule has 2 aliphatic heterocycles. The van der Waals surface area contributed by atoms with E-state index in [-0.39, 0.29) is 35.1 Å². The van der Waals surface area contributed by atoms with Crippen molar-refractivity contribution in [3.8, 4) is 0 Å². The van der Waals surface area contributed by atoms with Gasteiger partial charge in [-0.05, 0) is 0 Å². The van der Waals surface area contributed by atoms with Gasteiger partial charge < -0.3 is 14.6 Å². The van der Waals surface area contributed by atoms with Crippen LogP contribution >= 0.6 is 47.0 Å². The average Bonchev–Trinajstić information content (AvgIpc) is 2.71. The van der Waals surface area contributed by atoms with Crippen LogP contribution in [0, 0.1) is 0 Å². The van der Waals surface area contributed by atoms with E-state index < -0.39 is 11.9 Å². The minimum atomic E-state index is -1.48. The summed E-state index contributed by atoms with van der Waals surface area (Å²) in [5.41, 5.74) is -0.377. The number of hydrogen-bond donors (Lipinski definition) is 0. The molecule has 0 unspecified atom stereocenters. The second-order valence-corrected chi connectivity index (χ2v) is 7.94. The number of carbonyl (C=O) groups is 2. The molecule has 0 aromatic rings. The Labute approximate surface area is 143 Å². The first-order chi connectivity index (χ1) is 8.13. The van der Waals surface area contributed by atoms with E-state index in [1.54, 1.807) is 23.5 Å². The number of carboxylic acids is 1. The Kier molecular flexibility index (Phi) is 7.09. The fourth-order valence-corrected chi connectivity index (χ4v) is 7.15. The smallest absolute Gasteiger partial charge is 0.544 e. The van der Waals surface area contributed by atoms with Gasteiger partial charge in [-0.2, -0.15) is 0 Å². The summed E-state index contributed by atoms with van der Waals surface area (Å²) in [5, 5.41) is 11.0. The van der Waals surface area contributed by atoms with Crippen molar-refractivity contribution in [2.75, 3.05) is 18.6 Å². The van der Waals surface area contributed by atoms with E-state index in [9.17, 15) is 14.7 Å². The van der Waals surface area contributed by atoms with E-state index >= 15 is 0 Å². The molecule has 0 amide bonds. The van der Waals surface area contributed by atoms with Gasteiger partial charge in [0, 0.05) is 11.5 Å². The van der Waals surface area contributed by atoms with Crippen LogP contribution in [0.5, 0.6) is 0 Å². The summed E-state index contributed by atoms with van der Waals surface area (Å²) in [7, 11) is 1.16. The van der Waals surface area contributed by atoms with Gasteiger partial charge in [0.25, 0.3) is 0 Å². The minimum Gasteiger partial charge on any atom is -0.544 e. The van der Waals surface area contributed by atoms with Crippen LogP contribution in [0.2, 0.25) is 0 Å². The van der Waals surface area contributed by atoms with Crippen molar-refractivity contribution >= 4 is 59.0 Å². The average molecular weight is 330 g/mol. The molecule has 0 N–H and O–H groups in total. The van der Waals surface area contributed by atoms with E-state index in [4.69, 9.17) is 0 Å². The normalized spacial score (nSPS) is 17.9. The molecule has 18 heavy (non-hydrogen) atoms. The summed E-state index contributed by atoms with van der Waals surface area (Å²) in [4.78, 5) is 22.4. The first kappa shape index (κ1) is 16.9. The maximum Gasteiger partial charge on any atom is 1.00 e. The number of hydrogen-bond acceptors (Lipinski definition) is 8. The summed E-state index contributed by atoms with van der Waals surface area (Å²) >= 11 is 6.01.